The van der Waals surface area contributed by atoms with Crippen LogP contribution in [0.3, 0.4) is 0 Å². The molecule has 3 aromatic heterocycles. The number of fused-ring (bicyclic) bond motifs is 1. The van der Waals surface area contributed by atoms with Crippen LogP contribution in [0.25, 0.3) is 22.6 Å². The first-order valence-electron chi connectivity index (χ1n) is 11.5. The van der Waals surface area contributed by atoms with Crippen molar-refractivity contribution in [2.24, 2.45) is 20.0 Å². The van der Waals surface area contributed by atoms with Crippen molar-refractivity contribution < 1.29 is 18.0 Å². The van der Waals surface area contributed by atoms with Crippen LogP contribution in [0, 0.1) is 17.8 Å². The van der Waals surface area contributed by atoms with Gasteiger partial charge < -0.3 is 4.57 Å². The van der Waals surface area contributed by atoms with Gasteiger partial charge in [-0.25, -0.2) is 4.98 Å². The summed E-state index contributed by atoms with van der Waals surface area (Å²) in [7, 11) is 3.57. The second-order valence-corrected chi connectivity index (χ2v) is 9.04. The highest BCUT2D eigenvalue weighted by Gasteiger charge is 2.40. The number of benzene rings is 1. The Hall–Kier alpha value is -4.46. The second-order valence-electron chi connectivity index (χ2n) is 9.04. The summed E-state index contributed by atoms with van der Waals surface area (Å²) >= 11 is 0. The maximum atomic E-state index is 13.7. The number of hydrogen-bond donors (Lipinski definition) is 0. The zero-order chi connectivity index (χ0) is 26.5. The molecule has 4 aromatic rings. The number of alkyl halides is 3. The predicted molar refractivity (Wildman–Crippen MR) is 130 cm³/mol. The Morgan fingerprint density at radius 3 is 2.57 bits per heavy atom. The Morgan fingerprint density at radius 1 is 1.11 bits per heavy atom. The van der Waals surface area contributed by atoms with Gasteiger partial charge in [0, 0.05) is 31.1 Å². The molecule has 4 heterocycles. The molecule has 1 aliphatic heterocycles. The smallest absolute Gasteiger partial charge is 0.317 e. The van der Waals surface area contributed by atoms with E-state index < -0.39 is 17.6 Å². The largest absolute Gasteiger partial charge is 0.416 e. The van der Waals surface area contributed by atoms with E-state index in [1.54, 1.807) is 41.0 Å². The van der Waals surface area contributed by atoms with Crippen LogP contribution >= 0.6 is 0 Å². The molecule has 8 nitrogen and oxygen atoms in total. The number of rotatable bonds is 3. The van der Waals surface area contributed by atoms with Crippen molar-refractivity contribution in [1.82, 2.24) is 29.5 Å². The highest BCUT2D eigenvalue weighted by molar-refractivity contribution is 6.10. The molecule has 0 atom stereocenters. The molecule has 1 aliphatic rings. The molecule has 0 fully saturated rings. The molecular weight excluding hydrogens is 483 g/mol. The van der Waals surface area contributed by atoms with Crippen LogP contribution in [-0.4, -0.2) is 35.4 Å². The number of aryl methyl sites for hydroxylation is 2. The van der Waals surface area contributed by atoms with Crippen molar-refractivity contribution in [1.29, 1.82) is 0 Å². The van der Waals surface area contributed by atoms with Crippen LogP contribution in [0.4, 0.5) is 19.0 Å². The molecule has 11 heteroatoms. The lowest BCUT2D eigenvalue weighted by Crippen LogP contribution is -2.24. The van der Waals surface area contributed by atoms with Crippen LogP contribution in [-0.2, 0) is 26.8 Å². The molecule has 0 N–H and O–H groups in total. The van der Waals surface area contributed by atoms with Gasteiger partial charge in [-0.2, -0.15) is 18.3 Å². The van der Waals surface area contributed by atoms with Gasteiger partial charge >= 0.3 is 6.18 Å². The van der Waals surface area contributed by atoms with Crippen molar-refractivity contribution in [2.75, 3.05) is 4.90 Å². The highest BCUT2D eigenvalue weighted by atomic mass is 19.4. The summed E-state index contributed by atoms with van der Waals surface area (Å²) < 4.78 is 44.4. The Morgan fingerprint density at radius 2 is 1.89 bits per heavy atom. The van der Waals surface area contributed by atoms with Crippen molar-refractivity contribution in [3.05, 3.63) is 65.2 Å². The quantitative estimate of drug-likeness (QED) is 0.384. The normalized spacial score (nSPS) is 13.2. The molecule has 0 aliphatic carbocycles. The molecule has 0 unspecified atom stereocenters. The SMILES string of the molecule is CC(C)C#Cc1cc(-c2c(-c3nncn3C)cnn2C)cc(N2Cc3c(cccc3C(F)(F)F)C2=O)n1. The monoisotopic (exact) mass is 505 g/mol. The molecule has 0 spiro atoms. The topological polar surface area (TPSA) is 81.7 Å². The minimum absolute atomic E-state index is 0.0112. The summed E-state index contributed by atoms with van der Waals surface area (Å²) in [4.78, 5) is 19.1. The average molecular weight is 506 g/mol. The van der Waals surface area contributed by atoms with Crippen LogP contribution in [0.15, 0.2) is 42.9 Å². The van der Waals surface area contributed by atoms with Crippen molar-refractivity contribution >= 4 is 11.7 Å². The molecule has 0 bridgehead atoms. The summed E-state index contributed by atoms with van der Waals surface area (Å²) in [5.74, 6) is 6.38. The fraction of sp³-hybridized carbons (Fsp3) is 0.269. The lowest BCUT2D eigenvalue weighted by molar-refractivity contribution is -0.138. The molecule has 0 saturated heterocycles. The number of nitrogens with zero attached hydrogens (tertiary/aromatic N) is 7. The zero-order valence-electron chi connectivity index (χ0n) is 20.5. The third-order valence-corrected chi connectivity index (χ3v) is 6.01. The second kappa shape index (κ2) is 8.89. The average Bonchev–Trinajstić information content (AvgIpc) is 3.53. The van der Waals surface area contributed by atoms with Gasteiger partial charge in [0.05, 0.1) is 29.6 Å². The van der Waals surface area contributed by atoms with Gasteiger partial charge in [-0.15, -0.1) is 10.2 Å². The number of amides is 1. The van der Waals surface area contributed by atoms with Crippen LogP contribution in [0.2, 0.25) is 0 Å². The Balaban J connectivity index is 1.67. The van der Waals surface area contributed by atoms with E-state index in [0.29, 0.717) is 28.3 Å². The Bertz CT molecular complexity index is 1590. The number of carbonyl (C=O) groups excluding carboxylic acids is 1. The number of halogens is 3. The van der Waals surface area contributed by atoms with E-state index in [4.69, 9.17) is 0 Å². The Labute approximate surface area is 210 Å². The van der Waals surface area contributed by atoms with Crippen molar-refractivity contribution in [3.63, 3.8) is 0 Å². The zero-order valence-corrected chi connectivity index (χ0v) is 20.5. The number of hydrogen-bond acceptors (Lipinski definition) is 5. The summed E-state index contributed by atoms with van der Waals surface area (Å²) in [6, 6.07) is 7.07. The van der Waals surface area contributed by atoms with Gasteiger partial charge in [-0.05, 0) is 35.7 Å². The van der Waals surface area contributed by atoms with Crippen molar-refractivity contribution in [2.45, 2.75) is 26.6 Å². The predicted octanol–water partition coefficient (Wildman–Crippen LogP) is 4.46. The number of anilines is 1. The van der Waals surface area contributed by atoms with Crippen molar-refractivity contribution in [3.8, 4) is 34.5 Å². The van der Waals surface area contributed by atoms with Gasteiger partial charge in [0.15, 0.2) is 5.82 Å². The standard InChI is InChI=1S/C26H22F3N7O/c1-15(2)8-9-17-10-16(23-19(12-31-35(23)4)24-33-30-14-34(24)3)11-22(32-17)36-13-20-18(25(36)37)6-5-7-21(20)26(27,28)29/h5-7,10-12,14-15H,13H2,1-4H3. The van der Waals surface area contributed by atoms with E-state index in [1.807, 2.05) is 20.9 Å². The first kappa shape index (κ1) is 24.2. The highest BCUT2D eigenvalue weighted by Crippen LogP contribution is 2.39. The maximum Gasteiger partial charge on any atom is 0.416 e. The minimum Gasteiger partial charge on any atom is -0.317 e. The Kier molecular flexibility index (Phi) is 5.82. The third kappa shape index (κ3) is 4.35. The first-order chi connectivity index (χ1) is 17.5. The van der Waals surface area contributed by atoms with Crippen LogP contribution < -0.4 is 4.90 Å². The molecule has 1 amide bonds. The third-order valence-electron chi connectivity index (χ3n) is 6.01. The van der Waals surface area contributed by atoms with E-state index in [-0.39, 0.29) is 29.4 Å². The lowest BCUT2D eigenvalue weighted by Gasteiger charge is -2.17. The lowest BCUT2D eigenvalue weighted by atomic mass is 10.0. The fourth-order valence-corrected chi connectivity index (χ4v) is 4.33. The maximum absolute atomic E-state index is 13.7. The summed E-state index contributed by atoms with van der Waals surface area (Å²) in [6.45, 7) is 3.62. The molecule has 0 radical (unpaired) electrons. The first-order valence-corrected chi connectivity index (χ1v) is 11.5. The number of pyridine rings is 1. The van der Waals surface area contributed by atoms with Gasteiger partial charge in [-0.3, -0.25) is 14.4 Å². The number of carbonyl (C=O) groups is 1. The molecule has 5 rings (SSSR count). The molecular formula is C26H22F3N7O. The molecule has 188 valence electrons. The summed E-state index contributed by atoms with van der Waals surface area (Å²) in [6.07, 6.45) is -1.35. The molecule has 37 heavy (non-hydrogen) atoms. The van der Waals surface area contributed by atoms with Gasteiger partial charge in [-0.1, -0.05) is 25.8 Å². The van der Waals surface area contributed by atoms with Gasteiger partial charge in [0.2, 0.25) is 0 Å². The van der Waals surface area contributed by atoms with E-state index in [0.717, 1.165) is 6.07 Å². The summed E-state index contributed by atoms with van der Waals surface area (Å²) in [5, 5.41) is 12.5. The van der Waals surface area contributed by atoms with E-state index >= 15 is 0 Å². The molecule has 1 aromatic carbocycles. The van der Waals surface area contributed by atoms with Gasteiger partial charge in [0.25, 0.3) is 5.91 Å². The van der Waals surface area contributed by atoms with Gasteiger partial charge in [0.1, 0.15) is 17.8 Å². The van der Waals surface area contributed by atoms with Crippen LogP contribution in [0.1, 0.15) is 41.0 Å². The van der Waals surface area contributed by atoms with E-state index in [1.165, 1.54) is 17.0 Å². The van der Waals surface area contributed by atoms with E-state index in [2.05, 4.69) is 32.1 Å². The number of aromatic nitrogens is 6. The van der Waals surface area contributed by atoms with Crippen LogP contribution in [0.5, 0.6) is 0 Å². The minimum atomic E-state index is -4.58. The van der Waals surface area contributed by atoms with E-state index in [9.17, 15) is 18.0 Å². The molecule has 0 saturated carbocycles. The fourth-order valence-electron chi connectivity index (χ4n) is 4.33. The summed E-state index contributed by atoms with van der Waals surface area (Å²) in [5.41, 5.74) is 1.50.